The van der Waals surface area contributed by atoms with Gasteiger partial charge in [-0.3, -0.25) is 4.79 Å². The lowest BCUT2D eigenvalue weighted by atomic mass is 10.1. The van der Waals surface area contributed by atoms with Gasteiger partial charge < -0.3 is 15.4 Å². The van der Waals surface area contributed by atoms with Gasteiger partial charge in [0.25, 0.3) is 0 Å². The number of fused-ring (bicyclic) bond motifs is 1. The van der Waals surface area contributed by atoms with Crippen molar-refractivity contribution in [2.75, 3.05) is 19.6 Å². The fourth-order valence-electron chi connectivity index (χ4n) is 2.04. The molecule has 4 heteroatoms. The molecule has 2 N–H and O–H groups in total. The van der Waals surface area contributed by atoms with Crippen LogP contribution in [0, 0.1) is 0 Å². The Bertz CT molecular complexity index is 382. The molecule has 0 bridgehead atoms. The van der Waals surface area contributed by atoms with E-state index in [1.54, 1.807) is 0 Å². The van der Waals surface area contributed by atoms with Gasteiger partial charge in [-0.05, 0) is 18.1 Å². The highest BCUT2D eigenvalue weighted by atomic mass is 16.5. The van der Waals surface area contributed by atoms with E-state index in [0.29, 0.717) is 13.1 Å². The Labute approximate surface area is 108 Å². The van der Waals surface area contributed by atoms with Crippen LogP contribution in [0.15, 0.2) is 24.3 Å². The number of hydrogen-bond acceptors (Lipinski definition) is 3. The van der Waals surface area contributed by atoms with E-state index in [1.807, 2.05) is 25.1 Å². The molecule has 1 aromatic rings. The van der Waals surface area contributed by atoms with Crippen LogP contribution in [-0.4, -0.2) is 31.6 Å². The number of carbonyl (C=O) groups is 1. The molecule has 0 radical (unpaired) electrons. The van der Waals surface area contributed by atoms with Crippen LogP contribution in [0.25, 0.3) is 0 Å². The molecule has 1 amide bonds. The van der Waals surface area contributed by atoms with Crippen molar-refractivity contribution in [2.24, 2.45) is 0 Å². The second-order valence-corrected chi connectivity index (χ2v) is 4.53. The molecule has 0 aromatic heterocycles. The van der Waals surface area contributed by atoms with Crippen molar-refractivity contribution in [2.45, 2.75) is 25.9 Å². The van der Waals surface area contributed by atoms with Gasteiger partial charge in [0.15, 0.2) is 0 Å². The summed E-state index contributed by atoms with van der Waals surface area (Å²) in [5.41, 5.74) is 1.25. The highest BCUT2D eigenvalue weighted by Crippen LogP contribution is 2.27. The SMILES string of the molecule is CCCNC(=O)CNCC1Cc2ccccc2O1. The third-order valence-corrected chi connectivity index (χ3v) is 2.94. The zero-order chi connectivity index (χ0) is 12.8. The lowest BCUT2D eigenvalue weighted by molar-refractivity contribution is -0.120. The van der Waals surface area contributed by atoms with Crippen LogP contribution in [0.1, 0.15) is 18.9 Å². The fraction of sp³-hybridized carbons (Fsp3) is 0.500. The van der Waals surface area contributed by atoms with Crippen LogP contribution < -0.4 is 15.4 Å². The molecular weight excluding hydrogens is 228 g/mol. The first-order chi connectivity index (χ1) is 8.79. The number of nitrogens with one attached hydrogen (secondary N) is 2. The molecule has 0 fully saturated rings. The fourth-order valence-corrected chi connectivity index (χ4v) is 2.04. The number of amides is 1. The Balaban J connectivity index is 1.66. The first kappa shape index (κ1) is 12.9. The number of carbonyl (C=O) groups excluding carboxylic acids is 1. The van der Waals surface area contributed by atoms with Crippen LogP contribution >= 0.6 is 0 Å². The van der Waals surface area contributed by atoms with Crippen molar-refractivity contribution in [1.82, 2.24) is 10.6 Å². The quantitative estimate of drug-likeness (QED) is 0.793. The van der Waals surface area contributed by atoms with Crippen molar-refractivity contribution in [3.8, 4) is 5.75 Å². The van der Waals surface area contributed by atoms with Gasteiger partial charge in [-0.15, -0.1) is 0 Å². The summed E-state index contributed by atoms with van der Waals surface area (Å²) < 4.78 is 5.78. The van der Waals surface area contributed by atoms with E-state index in [1.165, 1.54) is 5.56 Å². The van der Waals surface area contributed by atoms with Crippen LogP contribution in [0.2, 0.25) is 0 Å². The van der Waals surface area contributed by atoms with E-state index in [9.17, 15) is 4.79 Å². The molecule has 0 saturated heterocycles. The van der Waals surface area contributed by atoms with E-state index in [2.05, 4.69) is 16.7 Å². The van der Waals surface area contributed by atoms with Crippen molar-refractivity contribution in [3.05, 3.63) is 29.8 Å². The number of para-hydroxylation sites is 1. The molecular formula is C14H20N2O2. The number of ether oxygens (including phenoxy) is 1. The van der Waals surface area contributed by atoms with Gasteiger partial charge in [0.2, 0.25) is 5.91 Å². The zero-order valence-corrected chi connectivity index (χ0v) is 10.7. The van der Waals surface area contributed by atoms with Gasteiger partial charge in [-0.2, -0.15) is 0 Å². The van der Waals surface area contributed by atoms with Crippen molar-refractivity contribution < 1.29 is 9.53 Å². The summed E-state index contributed by atoms with van der Waals surface area (Å²) in [6, 6.07) is 8.08. The Morgan fingerprint density at radius 3 is 3.06 bits per heavy atom. The maximum atomic E-state index is 11.4. The average molecular weight is 248 g/mol. The van der Waals surface area contributed by atoms with E-state index < -0.39 is 0 Å². The van der Waals surface area contributed by atoms with Crippen molar-refractivity contribution in [1.29, 1.82) is 0 Å². The predicted octanol–water partition coefficient (Wildman–Crippen LogP) is 1.11. The number of hydrogen-bond donors (Lipinski definition) is 2. The molecule has 0 saturated carbocycles. The molecule has 2 rings (SSSR count). The van der Waals surface area contributed by atoms with E-state index >= 15 is 0 Å². The molecule has 0 aliphatic carbocycles. The smallest absolute Gasteiger partial charge is 0.233 e. The van der Waals surface area contributed by atoms with Gasteiger partial charge in [0, 0.05) is 19.5 Å². The first-order valence-corrected chi connectivity index (χ1v) is 6.51. The molecule has 1 atom stereocenters. The molecule has 1 heterocycles. The van der Waals surface area contributed by atoms with Crippen molar-refractivity contribution >= 4 is 5.91 Å². The molecule has 1 unspecified atom stereocenters. The topological polar surface area (TPSA) is 50.4 Å². The molecule has 98 valence electrons. The first-order valence-electron chi connectivity index (χ1n) is 6.51. The Morgan fingerprint density at radius 1 is 1.44 bits per heavy atom. The summed E-state index contributed by atoms with van der Waals surface area (Å²) in [7, 11) is 0. The monoisotopic (exact) mass is 248 g/mol. The summed E-state index contributed by atoms with van der Waals surface area (Å²) in [5, 5.41) is 5.97. The molecule has 1 aliphatic heterocycles. The van der Waals surface area contributed by atoms with Crippen LogP contribution in [0.5, 0.6) is 5.75 Å². The Hall–Kier alpha value is -1.55. The number of benzene rings is 1. The second kappa shape index (κ2) is 6.40. The van der Waals surface area contributed by atoms with E-state index in [4.69, 9.17) is 4.74 Å². The minimum Gasteiger partial charge on any atom is -0.488 e. The summed E-state index contributed by atoms with van der Waals surface area (Å²) in [6.45, 7) is 3.84. The molecule has 1 aromatic carbocycles. The third-order valence-electron chi connectivity index (χ3n) is 2.94. The van der Waals surface area contributed by atoms with Crippen LogP contribution in [-0.2, 0) is 11.2 Å². The molecule has 18 heavy (non-hydrogen) atoms. The molecule has 1 aliphatic rings. The van der Waals surface area contributed by atoms with E-state index in [0.717, 1.165) is 25.1 Å². The van der Waals surface area contributed by atoms with E-state index in [-0.39, 0.29) is 12.0 Å². The second-order valence-electron chi connectivity index (χ2n) is 4.53. The number of rotatable bonds is 6. The minimum absolute atomic E-state index is 0.0485. The Kier molecular flexibility index (Phi) is 4.59. The maximum Gasteiger partial charge on any atom is 0.233 e. The van der Waals surface area contributed by atoms with Gasteiger partial charge in [-0.25, -0.2) is 0 Å². The van der Waals surface area contributed by atoms with Gasteiger partial charge in [-0.1, -0.05) is 25.1 Å². The molecule has 4 nitrogen and oxygen atoms in total. The standard InChI is InChI=1S/C14H20N2O2/c1-2-7-16-14(17)10-15-9-12-8-11-5-3-4-6-13(11)18-12/h3-6,12,15H,2,7-10H2,1H3,(H,16,17). The highest BCUT2D eigenvalue weighted by molar-refractivity contribution is 5.77. The van der Waals surface area contributed by atoms with Gasteiger partial charge in [0.05, 0.1) is 6.54 Å². The highest BCUT2D eigenvalue weighted by Gasteiger charge is 2.21. The van der Waals surface area contributed by atoms with Crippen molar-refractivity contribution in [3.63, 3.8) is 0 Å². The lowest BCUT2D eigenvalue weighted by Gasteiger charge is -2.11. The average Bonchev–Trinajstić information content (AvgIpc) is 2.79. The normalized spacial score (nSPS) is 17.1. The summed E-state index contributed by atoms with van der Waals surface area (Å²) >= 11 is 0. The van der Waals surface area contributed by atoms with Gasteiger partial charge in [0.1, 0.15) is 11.9 Å². The molecule has 0 spiro atoms. The summed E-state index contributed by atoms with van der Waals surface area (Å²) in [5.74, 6) is 1.02. The van der Waals surface area contributed by atoms with Gasteiger partial charge >= 0.3 is 0 Å². The van der Waals surface area contributed by atoms with Crippen LogP contribution in [0.3, 0.4) is 0 Å². The third kappa shape index (κ3) is 3.47. The van der Waals surface area contributed by atoms with Crippen LogP contribution in [0.4, 0.5) is 0 Å². The summed E-state index contributed by atoms with van der Waals surface area (Å²) in [4.78, 5) is 11.4. The summed E-state index contributed by atoms with van der Waals surface area (Å²) in [6.07, 6.45) is 2.02. The maximum absolute atomic E-state index is 11.4. The zero-order valence-electron chi connectivity index (χ0n) is 10.7. The Morgan fingerprint density at radius 2 is 2.28 bits per heavy atom. The minimum atomic E-state index is 0.0485. The largest absolute Gasteiger partial charge is 0.488 e. The predicted molar refractivity (Wildman–Crippen MR) is 70.7 cm³/mol. The lowest BCUT2D eigenvalue weighted by Crippen LogP contribution is -2.38.